The standard InChI is InChI=1S/C12H18N4O/c1-7(2)14-12(17)10(6-13)11-15-8(3)5-9(4)16-11/h5-7H,13H2,1-4H3,(H,14,17). The van der Waals surface area contributed by atoms with Crippen LogP contribution >= 0.6 is 0 Å². The lowest BCUT2D eigenvalue weighted by Gasteiger charge is -2.10. The molecule has 0 bridgehead atoms. The van der Waals surface area contributed by atoms with Crippen LogP contribution in [0.1, 0.15) is 31.1 Å². The average molecular weight is 234 g/mol. The molecule has 1 heterocycles. The topological polar surface area (TPSA) is 80.9 Å². The summed E-state index contributed by atoms with van der Waals surface area (Å²) in [6.07, 6.45) is 1.24. The van der Waals surface area contributed by atoms with Gasteiger partial charge in [-0.05, 0) is 33.8 Å². The SMILES string of the molecule is Cc1cc(C)nc(C(=CN)C(=O)NC(C)C)n1. The largest absolute Gasteiger partial charge is 0.404 e. The Bertz CT molecular complexity index is 432. The number of aromatic nitrogens is 2. The highest BCUT2D eigenvalue weighted by Gasteiger charge is 2.15. The Balaban J connectivity index is 3.06. The van der Waals surface area contributed by atoms with Crippen molar-refractivity contribution in [2.45, 2.75) is 33.7 Å². The third kappa shape index (κ3) is 3.55. The summed E-state index contributed by atoms with van der Waals surface area (Å²) in [5.41, 5.74) is 7.39. The summed E-state index contributed by atoms with van der Waals surface area (Å²) in [5.74, 6) is 0.107. The van der Waals surface area contributed by atoms with Gasteiger partial charge in [0.05, 0.1) is 5.57 Å². The van der Waals surface area contributed by atoms with Crippen LogP contribution < -0.4 is 11.1 Å². The Morgan fingerprint density at radius 2 is 1.88 bits per heavy atom. The summed E-state index contributed by atoms with van der Waals surface area (Å²) in [4.78, 5) is 20.3. The lowest BCUT2D eigenvalue weighted by Crippen LogP contribution is -2.31. The van der Waals surface area contributed by atoms with E-state index in [2.05, 4.69) is 15.3 Å². The van der Waals surface area contributed by atoms with Gasteiger partial charge < -0.3 is 11.1 Å². The molecule has 0 aromatic carbocycles. The van der Waals surface area contributed by atoms with E-state index < -0.39 is 0 Å². The van der Waals surface area contributed by atoms with Crippen LogP contribution in [0.3, 0.4) is 0 Å². The fraction of sp³-hybridized carbons (Fsp3) is 0.417. The summed E-state index contributed by atoms with van der Waals surface area (Å²) >= 11 is 0. The van der Waals surface area contributed by atoms with Crippen molar-refractivity contribution in [2.24, 2.45) is 5.73 Å². The van der Waals surface area contributed by atoms with Crippen molar-refractivity contribution in [2.75, 3.05) is 0 Å². The van der Waals surface area contributed by atoms with Crippen molar-refractivity contribution in [3.8, 4) is 0 Å². The van der Waals surface area contributed by atoms with Gasteiger partial charge in [-0.15, -0.1) is 0 Å². The number of nitrogens with two attached hydrogens (primary N) is 1. The maximum Gasteiger partial charge on any atom is 0.256 e. The minimum absolute atomic E-state index is 0.0448. The molecule has 0 aliphatic carbocycles. The van der Waals surface area contributed by atoms with E-state index in [4.69, 9.17) is 5.73 Å². The Morgan fingerprint density at radius 1 is 1.35 bits per heavy atom. The maximum atomic E-state index is 11.9. The lowest BCUT2D eigenvalue weighted by molar-refractivity contribution is -0.116. The molecule has 0 aliphatic heterocycles. The van der Waals surface area contributed by atoms with Crippen LogP contribution in [0.4, 0.5) is 0 Å². The number of carbonyl (C=O) groups excluding carboxylic acids is 1. The van der Waals surface area contributed by atoms with Crippen LogP contribution in [0.2, 0.25) is 0 Å². The molecule has 1 amide bonds. The molecular weight excluding hydrogens is 216 g/mol. The first-order valence-corrected chi connectivity index (χ1v) is 5.49. The molecular formula is C12H18N4O. The van der Waals surface area contributed by atoms with Crippen molar-refractivity contribution >= 4 is 11.5 Å². The second-order valence-corrected chi connectivity index (χ2v) is 4.18. The number of aryl methyl sites for hydroxylation is 2. The molecule has 3 N–H and O–H groups in total. The first-order valence-electron chi connectivity index (χ1n) is 5.49. The molecule has 92 valence electrons. The van der Waals surface area contributed by atoms with E-state index in [-0.39, 0.29) is 11.9 Å². The normalized spacial score (nSPS) is 11.7. The summed E-state index contributed by atoms with van der Waals surface area (Å²) in [5, 5.41) is 2.76. The Kier molecular flexibility index (Phi) is 4.20. The van der Waals surface area contributed by atoms with E-state index in [1.54, 1.807) is 0 Å². The molecule has 17 heavy (non-hydrogen) atoms. The van der Waals surface area contributed by atoms with E-state index >= 15 is 0 Å². The van der Waals surface area contributed by atoms with Gasteiger partial charge in [-0.25, -0.2) is 9.97 Å². The van der Waals surface area contributed by atoms with Gasteiger partial charge >= 0.3 is 0 Å². The zero-order valence-electron chi connectivity index (χ0n) is 10.6. The van der Waals surface area contributed by atoms with Gasteiger partial charge in [-0.3, -0.25) is 4.79 Å². The molecule has 0 aliphatic rings. The molecule has 0 atom stereocenters. The smallest absolute Gasteiger partial charge is 0.256 e. The third-order valence-corrected chi connectivity index (χ3v) is 2.05. The van der Waals surface area contributed by atoms with Gasteiger partial charge in [0.2, 0.25) is 0 Å². The summed E-state index contributed by atoms with van der Waals surface area (Å²) in [6.45, 7) is 7.47. The molecule has 0 saturated carbocycles. The quantitative estimate of drug-likeness (QED) is 0.762. The third-order valence-electron chi connectivity index (χ3n) is 2.05. The van der Waals surface area contributed by atoms with E-state index in [0.29, 0.717) is 11.4 Å². The van der Waals surface area contributed by atoms with Crippen LogP contribution in [0.15, 0.2) is 12.3 Å². The fourth-order valence-corrected chi connectivity index (χ4v) is 1.44. The predicted octanol–water partition coefficient (Wildman–Crippen LogP) is 0.918. The van der Waals surface area contributed by atoms with E-state index in [9.17, 15) is 4.79 Å². The Hall–Kier alpha value is -1.91. The van der Waals surface area contributed by atoms with Crippen molar-refractivity contribution in [3.05, 3.63) is 29.5 Å². The minimum Gasteiger partial charge on any atom is -0.404 e. The molecule has 0 unspecified atom stereocenters. The molecule has 0 spiro atoms. The number of carbonyl (C=O) groups is 1. The number of rotatable bonds is 3. The molecule has 0 saturated heterocycles. The zero-order valence-corrected chi connectivity index (χ0v) is 10.6. The number of amides is 1. The highest BCUT2D eigenvalue weighted by Crippen LogP contribution is 2.10. The Labute approximate surface area is 101 Å². The van der Waals surface area contributed by atoms with Crippen LogP contribution in [-0.2, 0) is 4.79 Å². The fourth-order valence-electron chi connectivity index (χ4n) is 1.44. The van der Waals surface area contributed by atoms with Crippen LogP contribution in [0.25, 0.3) is 5.57 Å². The molecule has 5 heteroatoms. The molecule has 1 aromatic rings. The zero-order chi connectivity index (χ0) is 13.0. The van der Waals surface area contributed by atoms with Crippen LogP contribution in [0.5, 0.6) is 0 Å². The summed E-state index contributed by atoms with van der Waals surface area (Å²) in [6, 6.07) is 1.89. The maximum absolute atomic E-state index is 11.9. The van der Waals surface area contributed by atoms with Gasteiger partial charge in [0.15, 0.2) is 5.82 Å². The predicted molar refractivity (Wildman–Crippen MR) is 66.9 cm³/mol. The van der Waals surface area contributed by atoms with Crippen molar-refractivity contribution in [1.29, 1.82) is 0 Å². The first kappa shape index (κ1) is 13.2. The minimum atomic E-state index is -0.257. The molecule has 0 fully saturated rings. The van der Waals surface area contributed by atoms with Gasteiger partial charge in [0, 0.05) is 23.6 Å². The van der Waals surface area contributed by atoms with Crippen molar-refractivity contribution < 1.29 is 4.79 Å². The second-order valence-electron chi connectivity index (χ2n) is 4.18. The van der Waals surface area contributed by atoms with E-state index in [0.717, 1.165) is 11.4 Å². The monoisotopic (exact) mass is 234 g/mol. The first-order chi connectivity index (χ1) is 7.93. The average Bonchev–Trinajstić information content (AvgIpc) is 2.15. The van der Waals surface area contributed by atoms with Gasteiger partial charge in [0.1, 0.15) is 0 Å². The van der Waals surface area contributed by atoms with Crippen LogP contribution in [-0.4, -0.2) is 21.9 Å². The van der Waals surface area contributed by atoms with Gasteiger partial charge in [-0.1, -0.05) is 0 Å². The lowest BCUT2D eigenvalue weighted by atomic mass is 10.2. The molecule has 1 rings (SSSR count). The highest BCUT2D eigenvalue weighted by molar-refractivity contribution is 6.18. The molecule has 1 aromatic heterocycles. The van der Waals surface area contributed by atoms with E-state index in [1.807, 2.05) is 33.8 Å². The second kappa shape index (κ2) is 5.43. The number of hydrogen-bond donors (Lipinski definition) is 2. The number of nitrogens with one attached hydrogen (secondary N) is 1. The number of hydrogen-bond acceptors (Lipinski definition) is 4. The summed E-state index contributed by atoms with van der Waals surface area (Å²) < 4.78 is 0. The van der Waals surface area contributed by atoms with Gasteiger partial charge in [-0.2, -0.15) is 0 Å². The van der Waals surface area contributed by atoms with Crippen molar-refractivity contribution in [1.82, 2.24) is 15.3 Å². The Morgan fingerprint density at radius 3 is 2.29 bits per heavy atom. The number of nitrogens with zero attached hydrogens (tertiary/aromatic N) is 2. The molecule has 5 nitrogen and oxygen atoms in total. The van der Waals surface area contributed by atoms with E-state index in [1.165, 1.54) is 6.20 Å². The summed E-state index contributed by atoms with van der Waals surface area (Å²) in [7, 11) is 0. The highest BCUT2D eigenvalue weighted by atomic mass is 16.1. The van der Waals surface area contributed by atoms with Crippen molar-refractivity contribution in [3.63, 3.8) is 0 Å². The molecule has 0 radical (unpaired) electrons. The van der Waals surface area contributed by atoms with Crippen LogP contribution in [0, 0.1) is 13.8 Å². The van der Waals surface area contributed by atoms with Gasteiger partial charge in [0.25, 0.3) is 5.91 Å².